The summed E-state index contributed by atoms with van der Waals surface area (Å²) in [4.78, 5) is 42.3. The van der Waals surface area contributed by atoms with Crippen molar-refractivity contribution in [2.75, 3.05) is 25.5 Å². The quantitative estimate of drug-likeness (QED) is 0.100. The molecule has 1 fully saturated rings. The lowest BCUT2D eigenvalue weighted by Gasteiger charge is -2.26. The monoisotopic (exact) mass is 819 g/mol. The van der Waals surface area contributed by atoms with Crippen molar-refractivity contribution in [3.63, 3.8) is 0 Å². The second-order valence-electron chi connectivity index (χ2n) is 17.0. The Hall–Kier alpha value is -5.39. The summed E-state index contributed by atoms with van der Waals surface area (Å²) in [5, 5.41) is 6.69. The number of rotatable bonds is 15. The number of anilines is 1. The fourth-order valence-corrected chi connectivity index (χ4v) is 8.32. The Morgan fingerprint density at radius 2 is 1.53 bits per heavy atom. The van der Waals surface area contributed by atoms with Crippen LogP contribution in [0.5, 0.6) is 11.5 Å². The Balaban J connectivity index is 1.20. The molecule has 1 atom stereocenters. The molecular formula is C48H57N3O7S. The maximum Gasteiger partial charge on any atom is 0.408 e. The minimum atomic E-state index is -1.06. The van der Waals surface area contributed by atoms with Gasteiger partial charge in [0.2, 0.25) is 5.91 Å². The second kappa shape index (κ2) is 19.1. The van der Waals surface area contributed by atoms with Gasteiger partial charge in [-0.1, -0.05) is 54.6 Å². The van der Waals surface area contributed by atoms with E-state index in [0.29, 0.717) is 18.7 Å². The van der Waals surface area contributed by atoms with Gasteiger partial charge in [-0.15, -0.1) is 11.3 Å². The van der Waals surface area contributed by atoms with Gasteiger partial charge in [0.15, 0.2) is 0 Å². The number of thiophene rings is 1. The third-order valence-corrected chi connectivity index (χ3v) is 11.1. The minimum absolute atomic E-state index is 0.0309. The fourth-order valence-electron chi connectivity index (χ4n) is 7.06. The lowest BCUT2D eigenvalue weighted by Crippen LogP contribution is -2.46. The number of nitrogens with zero attached hydrogens (tertiary/aromatic N) is 1. The molecule has 1 aromatic heterocycles. The van der Waals surface area contributed by atoms with Crippen molar-refractivity contribution in [1.29, 1.82) is 0 Å². The van der Waals surface area contributed by atoms with E-state index in [1.165, 1.54) is 24.0 Å². The maximum atomic E-state index is 13.2. The molecule has 6 rings (SSSR count). The zero-order valence-corrected chi connectivity index (χ0v) is 36.1. The van der Waals surface area contributed by atoms with Crippen LogP contribution >= 0.6 is 11.3 Å². The summed E-state index contributed by atoms with van der Waals surface area (Å²) in [5.74, 6) is 0.781. The summed E-state index contributed by atoms with van der Waals surface area (Å²) in [6.07, 6.45) is 2.43. The highest BCUT2D eigenvalue weighted by atomic mass is 32.1. The predicted molar refractivity (Wildman–Crippen MR) is 235 cm³/mol. The molecule has 1 saturated heterocycles. The SMILES string of the molecule is COc1cc(Cc2c(-c3ccc(NC(=O)CCC(NC(=O)OC(C)(C)C)C(=O)OC(C)(C)C)cc3)sc3cc(OCc4ccccc4)ccc23)ccc1CN1CCCC1. The normalized spacial score (nSPS) is 13.8. The third-order valence-electron chi connectivity index (χ3n) is 9.81. The van der Waals surface area contributed by atoms with Gasteiger partial charge < -0.3 is 29.6 Å². The highest BCUT2D eigenvalue weighted by Crippen LogP contribution is 2.42. The number of alkyl carbamates (subject to hydrolysis) is 1. The number of amides is 2. The molecule has 1 aliphatic heterocycles. The van der Waals surface area contributed by atoms with Gasteiger partial charge in [0, 0.05) is 33.8 Å². The van der Waals surface area contributed by atoms with Crippen LogP contribution in [-0.4, -0.2) is 60.3 Å². The van der Waals surface area contributed by atoms with Gasteiger partial charge in [-0.2, -0.15) is 0 Å². The molecule has 0 radical (unpaired) electrons. The van der Waals surface area contributed by atoms with Crippen molar-refractivity contribution in [3.8, 4) is 21.9 Å². The van der Waals surface area contributed by atoms with Gasteiger partial charge in [0.1, 0.15) is 35.3 Å². The first-order valence-corrected chi connectivity index (χ1v) is 21.2. The predicted octanol–water partition coefficient (Wildman–Crippen LogP) is 10.3. The van der Waals surface area contributed by atoms with Crippen LogP contribution in [0.15, 0.2) is 91.0 Å². The van der Waals surface area contributed by atoms with Crippen molar-refractivity contribution in [2.24, 2.45) is 0 Å². The van der Waals surface area contributed by atoms with E-state index in [4.69, 9.17) is 18.9 Å². The number of esters is 1. The van der Waals surface area contributed by atoms with Gasteiger partial charge in [0.25, 0.3) is 0 Å². The largest absolute Gasteiger partial charge is 0.496 e. The molecule has 0 bridgehead atoms. The molecule has 4 aromatic carbocycles. The van der Waals surface area contributed by atoms with Crippen LogP contribution in [0.3, 0.4) is 0 Å². The molecule has 312 valence electrons. The van der Waals surface area contributed by atoms with Crippen molar-refractivity contribution in [2.45, 2.75) is 104 Å². The Morgan fingerprint density at radius 3 is 2.20 bits per heavy atom. The number of fused-ring (bicyclic) bond motifs is 1. The number of ether oxygens (including phenoxy) is 4. The maximum absolute atomic E-state index is 13.2. The van der Waals surface area contributed by atoms with Crippen molar-refractivity contribution in [1.82, 2.24) is 10.2 Å². The van der Waals surface area contributed by atoms with Crippen LogP contribution < -0.4 is 20.1 Å². The fraction of sp³-hybridized carbons (Fsp3) is 0.396. The molecule has 0 saturated carbocycles. The molecular weight excluding hydrogens is 763 g/mol. The smallest absolute Gasteiger partial charge is 0.408 e. The van der Waals surface area contributed by atoms with E-state index in [-0.39, 0.29) is 18.7 Å². The van der Waals surface area contributed by atoms with E-state index < -0.39 is 29.3 Å². The first kappa shape index (κ1) is 43.2. The van der Waals surface area contributed by atoms with E-state index in [1.807, 2.05) is 48.5 Å². The number of carbonyl (C=O) groups excluding carboxylic acids is 3. The molecule has 11 heteroatoms. The van der Waals surface area contributed by atoms with E-state index in [0.717, 1.165) is 62.8 Å². The minimum Gasteiger partial charge on any atom is -0.496 e. The van der Waals surface area contributed by atoms with Gasteiger partial charge in [-0.25, -0.2) is 9.59 Å². The summed E-state index contributed by atoms with van der Waals surface area (Å²) in [6.45, 7) is 14.1. The number of nitrogens with one attached hydrogen (secondary N) is 2. The van der Waals surface area contributed by atoms with E-state index in [9.17, 15) is 14.4 Å². The van der Waals surface area contributed by atoms with Crippen molar-refractivity contribution >= 4 is 45.1 Å². The number of carbonyl (C=O) groups is 3. The lowest BCUT2D eigenvalue weighted by molar-refractivity contribution is -0.157. The molecule has 2 heterocycles. The van der Waals surface area contributed by atoms with Crippen LogP contribution in [0, 0.1) is 0 Å². The molecule has 1 aliphatic rings. The van der Waals surface area contributed by atoms with Gasteiger partial charge in [0.05, 0.1) is 7.11 Å². The molecule has 10 nitrogen and oxygen atoms in total. The highest BCUT2D eigenvalue weighted by molar-refractivity contribution is 7.22. The van der Waals surface area contributed by atoms with Crippen LogP contribution in [0.25, 0.3) is 20.5 Å². The molecule has 59 heavy (non-hydrogen) atoms. The Bertz CT molecular complexity index is 2220. The first-order valence-electron chi connectivity index (χ1n) is 20.4. The average molecular weight is 820 g/mol. The second-order valence-corrected chi connectivity index (χ2v) is 18.1. The number of benzene rings is 4. The van der Waals surface area contributed by atoms with Crippen LogP contribution in [0.2, 0.25) is 0 Å². The van der Waals surface area contributed by atoms with E-state index in [2.05, 4.69) is 58.0 Å². The summed E-state index contributed by atoms with van der Waals surface area (Å²) >= 11 is 1.72. The van der Waals surface area contributed by atoms with Crippen LogP contribution in [0.4, 0.5) is 10.5 Å². The zero-order chi connectivity index (χ0) is 42.2. The van der Waals surface area contributed by atoms with Gasteiger partial charge in [-0.3, -0.25) is 9.69 Å². The third kappa shape index (κ3) is 12.6. The standard InChI is InChI=1S/C48H57N3O7S/c1-47(2,3)57-45(53)40(50-46(54)58-48(4,5)6)23-24-43(52)49-36-19-17-34(18-20-36)44-39(27-33-15-16-35(41(28-33)55-7)30-51-25-11-12-26-51)38-22-21-37(29-42(38)59-44)56-31-32-13-9-8-10-14-32/h8-10,13-22,28-29,40H,11-12,23-27,30-31H2,1-7H3,(H,49,52)(H,50,54). The first-order chi connectivity index (χ1) is 28.1. The zero-order valence-electron chi connectivity index (χ0n) is 35.3. The number of methoxy groups -OCH3 is 1. The topological polar surface area (TPSA) is 115 Å². The van der Waals surface area contributed by atoms with E-state index >= 15 is 0 Å². The van der Waals surface area contributed by atoms with Gasteiger partial charge >= 0.3 is 12.1 Å². The average Bonchev–Trinajstić information content (AvgIpc) is 3.83. The highest BCUT2D eigenvalue weighted by Gasteiger charge is 2.29. The van der Waals surface area contributed by atoms with Crippen LogP contribution in [0.1, 0.15) is 89.5 Å². The number of hydrogen-bond donors (Lipinski definition) is 2. The molecule has 2 amide bonds. The summed E-state index contributed by atoms with van der Waals surface area (Å²) in [6, 6.07) is 29.8. The molecule has 0 spiro atoms. The van der Waals surface area contributed by atoms with Gasteiger partial charge in [-0.05, 0) is 144 Å². The summed E-state index contributed by atoms with van der Waals surface area (Å²) < 4.78 is 24.1. The van der Waals surface area contributed by atoms with Crippen molar-refractivity contribution in [3.05, 3.63) is 113 Å². The van der Waals surface area contributed by atoms with Crippen LogP contribution in [-0.2, 0) is 38.6 Å². The summed E-state index contributed by atoms with van der Waals surface area (Å²) in [7, 11) is 1.75. The number of hydrogen-bond acceptors (Lipinski definition) is 9. The molecule has 0 aliphatic carbocycles. The molecule has 5 aromatic rings. The number of likely N-dealkylation sites (tertiary alicyclic amines) is 1. The molecule has 1 unspecified atom stereocenters. The van der Waals surface area contributed by atoms with Crippen molar-refractivity contribution < 1.29 is 33.3 Å². The Morgan fingerprint density at radius 1 is 0.814 bits per heavy atom. The Kier molecular flexibility index (Phi) is 14.0. The molecule has 2 N–H and O–H groups in total. The summed E-state index contributed by atoms with van der Waals surface area (Å²) in [5.41, 5.74) is 4.78. The lowest BCUT2D eigenvalue weighted by atomic mass is 9.97. The Labute approximate surface area is 352 Å². The van der Waals surface area contributed by atoms with E-state index in [1.54, 1.807) is 60.0 Å².